The summed E-state index contributed by atoms with van der Waals surface area (Å²) in [6.07, 6.45) is 0.764. The lowest BCUT2D eigenvalue weighted by atomic mass is 9.96. The molecule has 0 bridgehead atoms. The Balaban J connectivity index is 2.53. The summed E-state index contributed by atoms with van der Waals surface area (Å²) in [6, 6.07) is 10.1. The Hall–Kier alpha value is -1.67. The van der Waals surface area contributed by atoms with Gasteiger partial charge >= 0.3 is 0 Å². The number of halogens is 2. The van der Waals surface area contributed by atoms with Crippen LogP contribution in [0.4, 0.5) is 4.39 Å². The van der Waals surface area contributed by atoms with Crippen molar-refractivity contribution in [2.45, 2.75) is 20.3 Å². The predicted molar refractivity (Wildman–Crippen MR) is 75.4 cm³/mol. The van der Waals surface area contributed by atoms with Gasteiger partial charge in [0, 0.05) is 11.1 Å². The molecular weight excluding hydrogens is 263 g/mol. The molecule has 0 aromatic heterocycles. The molecule has 19 heavy (non-hydrogen) atoms. The third-order valence-electron chi connectivity index (χ3n) is 3.14. The van der Waals surface area contributed by atoms with Crippen LogP contribution in [0.2, 0.25) is 5.02 Å². The Morgan fingerprint density at radius 1 is 1.21 bits per heavy atom. The van der Waals surface area contributed by atoms with E-state index in [1.54, 1.807) is 13.0 Å². The average molecular weight is 277 g/mol. The first-order chi connectivity index (χ1) is 9.04. The largest absolute Gasteiger partial charge is 0.289 e. The topological polar surface area (TPSA) is 17.1 Å². The zero-order valence-electron chi connectivity index (χ0n) is 10.8. The maximum atomic E-state index is 13.4. The van der Waals surface area contributed by atoms with Crippen LogP contribution in [0.5, 0.6) is 0 Å². The Morgan fingerprint density at radius 3 is 2.58 bits per heavy atom. The predicted octanol–water partition coefficient (Wildman–Crippen LogP) is 4.58. The van der Waals surface area contributed by atoms with Crippen molar-refractivity contribution < 1.29 is 9.18 Å². The lowest BCUT2D eigenvalue weighted by Crippen LogP contribution is -2.06. The van der Waals surface area contributed by atoms with E-state index < -0.39 is 5.82 Å². The first-order valence-corrected chi connectivity index (χ1v) is 6.50. The first kappa shape index (κ1) is 13.8. The second-order valence-corrected chi connectivity index (χ2v) is 4.83. The SMILES string of the molecule is CCc1ccccc1C(=O)c1cc(C)c(F)cc1Cl. The van der Waals surface area contributed by atoms with Gasteiger partial charge in [-0.3, -0.25) is 4.79 Å². The lowest BCUT2D eigenvalue weighted by molar-refractivity contribution is 0.103. The van der Waals surface area contributed by atoms with Crippen molar-refractivity contribution in [3.8, 4) is 0 Å². The summed E-state index contributed by atoms with van der Waals surface area (Å²) in [7, 11) is 0. The standard InChI is InChI=1S/C16H14ClFO/c1-3-11-6-4-5-7-12(11)16(19)13-8-10(2)15(18)9-14(13)17/h4-9H,3H2,1-2H3. The van der Waals surface area contributed by atoms with Crippen LogP contribution < -0.4 is 0 Å². The Bertz CT molecular complexity index is 635. The van der Waals surface area contributed by atoms with E-state index in [-0.39, 0.29) is 10.8 Å². The maximum Gasteiger partial charge on any atom is 0.194 e. The molecule has 0 heterocycles. The number of hydrogen-bond acceptors (Lipinski definition) is 1. The Morgan fingerprint density at radius 2 is 1.89 bits per heavy atom. The number of rotatable bonds is 3. The molecule has 0 aliphatic carbocycles. The van der Waals surface area contributed by atoms with Crippen molar-refractivity contribution in [1.29, 1.82) is 0 Å². The highest BCUT2D eigenvalue weighted by Crippen LogP contribution is 2.24. The molecule has 0 radical (unpaired) electrons. The number of aryl methyl sites for hydroxylation is 2. The van der Waals surface area contributed by atoms with Gasteiger partial charge < -0.3 is 0 Å². The highest BCUT2D eigenvalue weighted by atomic mass is 35.5. The van der Waals surface area contributed by atoms with Gasteiger partial charge in [0.25, 0.3) is 0 Å². The normalized spacial score (nSPS) is 10.5. The van der Waals surface area contributed by atoms with E-state index in [1.807, 2.05) is 25.1 Å². The summed E-state index contributed by atoms with van der Waals surface area (Å²) in [5, 5.41) is 0.152. The molecule has 0 saturated carbocycles. The monoisotopic (exact) mass is 276 g/mol. The number of carbonyl (C=O) groups excluding carboxylic acids is 1. The van der Waals surface area contributed by atoms with E-state index in [1.165, 1.54) is 12.1 Å². The molecule has 0 aliphatic rings. The van der Waals surface area contributed by atoms with E-state index in [4.69, 9.17) is 11.6 Å². The molecule has 0 unspecified atom stereocenters. The molecule has 0 spiro atoms. The van der Waals surface area contributed by atoms with E-state index >= 15 is 0 Å². The van der Waals surface area contributed by atoms with Crippen LogP contribution in [0.15, 0.2) is 36.4 Å². The zero-order chi connectivity index (χ0) is 14.0. The van der Waals surface area contributed by atoms with Crippen molar-refractivity contribution in [3.05, 3.63) is 69.5 Å². The van der Waals surface area contributed by atoms with Gasteiger partial charge in [0.05, 0.1) is 5.02 Å². The first-order valence-electron chi connectivity index (χ1n) is 6.12. The minimum absolute atomic E-state index is 0.152. The molecular formula is C16H14ClFO. The second kappa shape index (κ2) is 5.54. The van der Waals surface area contributed by atoms with Crippen LogP contribution in [-0.4, -0.2) is 5.78 Å². The fourth-order valence-electron chi connectivity index (χ4n) is 2.03. The van der Waals surface area contributed by atoms with Crippen molar-refractivity contribution >= 4 is 17.4 Å². The summed E-state index contributed by atoms with van der Waals surface area (Å²) in [5.74, 6) is -0.559. The van der Waals surface area contributed by atoms with Crippen LogP contribution in [0, 0.1) is 12.7 Å². The molecule has 2 rings (SSSR count). The van der Waals surface area contributed by atoms with Crippen LogP contribution >= 0.6 is 11.6 Å². The number of ketones is 1. The summed E-state index contributed by atoms with van der Waals surface area (Å²) in [6.45, 7) is 3.61. The number of benzene rings is 2. The average Bonchev–Trinajstić information content (AvgIpc) is 2.42. The van der Waals surface area contributed by atoms with Gasteiger partial charge in [-0.05, 0) is 36.6 Å². The van der Waals surface area contributed by atoms with E-state index in [0.29, 0.717) is 16.7 Å². The highest BCUT2D eigenvalue weighted by Gasteiger charge is 2.17. The van der Waals surface area contributed by atoms with E-state index in [9.17, 15) is 9.18 Å². The lowest BCUT2D eigenvalue weighted by Gasteiger charge is -2.09. The molecule has 0 fully saturated rings. The summed E-state index contributed by atoms with van der Waals surface area (Å²) in [4.78, 5) is 12.5. The molecule has 0 atom stereocenters. The summed E-state index contributed by atoms with van der Waals surface area (Å²) >= 11 is 5.98. The molecule has 0 saturated heterocycles. The van der Waals surface area contributed by atoms with Gasteiger partial charge in [-0.2, -0.15) is 0 Å². The maximum absolute atomic E-state index is 13.4. The van der Waals surface area contributed by atoms with E-state index in [0.717, 1.165) is 12.0 Å². The molecule has 3 heteroatoms. The Kier molecular flexibility index (Phi) is 4.01. The van der Waals surface area contributed by atoms with Crippen molar-refractivity contribution in [2.24, 2.45) is 0 Å². The minimum atomic E-state index is -0.398. The van der Waals surface area contributed by atoms with Crippen LogP contribution in [-0.2, 0) is 6.42 Å². The molecule has 98 valence electrons. The van der Waals surface area contributed by atoms with Gasteiger partial charge in [-0.15, -0.1) is 0 Å². The summed E-state index contributed by atoms with van der Waals surface area (Å²) in [5.41, 5.74) is 2.35. The molecule has 0 aliphatic heterocycles. The Labute approximate surface area is 117 Å². The van der Waals surface area contributed by atoms with Crippen LogP contribution in [0.25, 0.3) is 0 Å². The second-order valence-electron chi connectivity index (χ2n) is 4.42. The van der Waals surface area contributed by atoms with Gasteiger partial charge in [-0.25, -0.2) is 4.39 Å². The molecule has 0 amide bonds. The van der Waals surface area contributed by atoms with Gasteiger partial charge in [0.2, 0.25) is 0 Å². The third-order valence-corrected chi connectivity index (χ3v) is 3.45. The molecule has 1 nitrogen and oxygen atoms in total. The molecule has 0 N–H and O–H groups in total. The highest BCUT2D eigenvalue weighted by molar-refractivity contribution is 6.35. The fraction of sp³-hybridized carbons (Fsp3) is 0.188. The van der Waals surface area contributed by atoms with Gasteiger partial charge in [-0.1, -0.05) is 42.8 Å². The van der Waals surface area contributed by atoms with Crippen LogP contribution in [0.3, 0.4) is 0 Å². The quantitative estimate of drug-likeness (QED) is 0.750. The third kappa shape index (κ3) is 2.69. The van der Waals surface area contributed by atoms with Crippen molar-refractivity contribution in [3.63, 3.8) is 0 Å². The zero-order valence-corrected chi connectivity index (χ0v) is 11.6. The smallest absolute Gasteiger partial charge is 0.194 e. The summed E-state index contributed by atoms with van der Waals surface area (Å²) < 4.78 is 13.4. The fourth-order valence-corrected chi connectivity index (χ4v) is 2.26. The molecule has 2 aromatic rings. The van der Waals surface area contributed by atoms with Gasteiger partial charge in [0.15, 0.2) is 5.78 Å². The number of carbonyl (C=O) groups is 1. The van der Waals surface area contributed by atoms with Crippen molar-refractivity contribution in [1.82, 2.24) is 0 Å². The minimum Gasteiger partial charge on any atom is -0.289 e. The van der Waals surface area contributed by atoms with E-state index in [2.05, 4.69) is 0 Å². The molecule has 2 aromatic carbocycles. The number of hydrogen-bond donors (Lipinski definition) is 0. The van der Waals surface area contributed by atoms with Crippen molar-refractivity contribution in [2.75, 3.05) is 0 Å². The van der Waals surface area contributed by atoms with Gasteiger partial charge in [0.1, 0.15) is 5.82 Å². The van der Waals surface area contributed by atoms with Crippen LogP contribution in [0.1, 0.15) is 34.0 Å².